The number of hydrogen-bond donors (Lipinski definition) is 0. The summed E-state index contributed by atoms with van der Waals surface area (Å²) in [7, 11) is 3.54. The number of benzene rings is 1. The summed E-state index contributed by atoms with van der Waals surface area (Å²) < 4.78 is 0. The maximum absolute atomic E-state index is 13.6. The van der Waals surface area contributed by atoms with Gasteiger partial charge in [-0.2, -0.15) is 0 Å². The zero-order chi connectivity index (χ0) is 22.9. The second-order valence-electron chi connectivity index (χ2n) is 9.94. The SMILES string of the molecule is CCN1C(=O)C2(CCN(C(=O)N(C)C)CC2)CC12CCN(C(=O)Cc1ccccc1)CC2. The highest BCUT2D eigenvalue weighted by Crippen LogP contribution is 2.52. The van der Waals surface area contributed by atoms with Crippen LogP contribution >= 0.6 is 0 Å². The Morgan fingerprint density at radius 3 is 2.09 bits per heavy atom. The third kappa shape index (κ3) is 3.97. The van der Waals surface area contributed by atoms with Crippen molar-refractivity contribution in [2.45, 2.75) is 51.0 Å². The van der Waals surface area contributed by atoms with Crippen molar-refractivity contribution in [2.24, 2.45) is 5.41 Å². The molecule has 0 unspecified atom stereocenters. The average Bonchev–Trinajstić information content (AvgIpc) is 3.01. The second kappa shape index (κ2) is 8.75. The van der Waals surface area contributed by atoms with E-state index in [1.54, 1.807) is 19.0 Å². The molecule has 0 N–H and O–H groups in total. The maximum Gasteiger partial charge on any atom is 0.319 e. The molecule has 3 aliphatic rings. The van der Waals surface area contributed by atoms with Gasteiger partial charge in [-0.15, -0.1) is 0 Å². The van der Waals surface area contributed by atoms with Crippen LogP contribution in [0.25, 0.3) is 0 Å². The highest BCUT2D eigenvalue weighted by molar-refractivity contribution is 5.87. The molecule has 32 heavy (non-hydrogen) atoms. The monoisotopic (exact) mass is 440 g/mol. The molecular formula is C25H36N4O3. The Hall–Kier alpha value is -2.57. The van der Waals surface area contributed by atoms with Gasteiger partial charge < -0.3 is 19.6 Å². The van der Waals surface area contributed by atoms with Crippen molar-refractivity contribution >= 4 is 17.8 Å². The zero-order valence-corrected chi connectivity index (χ0v) is 19.7. The highest BCUT2D eigenvalue weighted by Gasteiger charge is 2.59. The molecule has 0 radical (unpaired) electrons. The number of carbonyl (C=O) groups is 3. The van der Waals surface area contributed by atoms with E-state index in [1.807, 2.05) is 40.1 Å². The molecular weight excluding hydrogens is 404 g/mol. The van der Waals surface area contributed by atoms with Crippen LogP contribution in [0, 0.1) is 5.41 Å². The number of amides is 4. The van der Waals surface area contributed by atoms with Gasteiger partial charge in [0.2, 0.25) is 11.8 Å². The van der Waals surface area contributed by atoms with Crippen LogP contribution in [-0.4, -0.2) is 89.8 Å². The third-order valence-electron chi connectivity index (χ3n) is 7.87. The fourth-order valence-electron chi connectivity index (χ4n) is 6.08. The molecule has 3 fully saturated rings. The summed E-state index contributed by atoms with van der Waals surface area (Å²) in [5.41, 5.74) is 0.542. The van der Waals surface area contributed by atoms with E-state index in [0.29, 0.717) is 39.1 Å². The smallest absolute Gasteiger partial charge is 0.319 e. The van der Waals surface area contributed by atoms with Gasteiger partial charge in [-0.3, -0.25) is 9.59 Å². The molecule has 1 aromatic rings. The molecule has 0 atom stereocenters. The van der Waals surface area contributed by atoms with Crippen molar-refractivity contribution in [2.75, 3.05) is 46.8 Å². The van der Waals surface area contributed by atoms with E-state index < -0.39 is 0 Å². The van der Waals surface area contributed by atoms with Crippen molar-refractivity contribution in [3.8, 4) is 0 Å². The van der Waals surface area contributed by atoms with Gasteiger partial charge in [-0.05, 0) is 44.6 Å². The van der Waals surface area contributed by atoms with Crippen LogP contribution in [-0.2, 0) is 16.0 Å². The fraction of sp³-hybridized carbons (Fsp3) is 0.640. The molecule has 7 nitrogen and oxygen atoms in total. The second-order valence-corrected chi connectivity index (χ2v) is 9.94. The first-order chi connectivity index (χ1) is 15.3. The number of hydrogen-bond acceptors (Lipinski definition) is 3. The summed E-state index contributed by atoms with van der Waals surface area (Å²) in [6.07, 6.45) is 4.45. The minimum absolute atomic E-state index is 0.0255. The lowest BCUT2D eigenvalue weighted by atomic mass is 9.71. The van der Waals surface area contributed by atoms with Crippen molar-refractivity contribution in [1.82, 2.24) is 19.6 Å². The number of likely N-dealkylation sites (tertiary alicyclic amines) is 3. The lowest BCUT2D eigenvalue weighted by molar-refractivity contribution is -0.141. The quantitative estimate of drug-likeness (QED) is 0.726. The van der Waals surface area contributed by atoms with Crippen LogP contribution in [0.3, 0.4) is 0 Å². The number of urea groups is 1. The summed E-state index contributed by atoms with van der Waals surface area (Å²) in [4.78, 5) is 46.3. The molecule has 3 heterocycles. The largest absolute Gasteiger partial charge is 0.342 e. The lowest BCUT2D eigenvalue weighted by Gasteiger charge is -2.45. The Morgan fingerprint density at radius 1 is 0.938 bits per heavy atom. The Labute approximate surface area is 191 Å². The van der Waals surface area contributed by atoms with Gasteiger partial charge in [0.1, 0.15) is 0 Å². The number of rotatable bonds is 3. The molecule has 0 aliphatic carbocycles. The number of nitrogens with zero attached hydrogens (tertiary/aromatic N) is 4. The van der Waals surface area contributed by atoms with Crippen LogP contribution < -0.4 is 0 Å². The van der Waals surface area contributed by atoms with Gasteiger partial charge in [0.05, 0.1) is 11.8 Å². The molecule has 4 amide bonds. The first-order valence-corrected chi connectivity index (χ1v) is 11.9. The zero-order valence-electron chi connectivity index (χ0n) is 19.7. The number of carbonyl (C=O) groups excluding carboxylic acids is 3. The van der Waals surface area contributed by atoms with Gasteiger partial charge >= 0.3 is 6.03 Å². The van der Waals surface area contributed by atoms with Gasteiger partial charge in [-0.1, -0.05) is 30.3 Å². The molecule has 174 valence electrons. The first-order valence-electron chi connectivity index (χ1n) is 11.9. The minimum Gasteiger partial charge on any atom is -0.342 e. The minimum atomic E-state index is -0.352. The summed E-state index contributed by atoms with van der Waals surface area (Å²) in [5, 5.41) is 0. The molecule has 4 rings (SSSR count). The molecule has 2 spiro atoms. The van der Waals surface area contributed by atoms with Crippen molar-refractivity contribution in [3.63, 3.8) is 0 Å². The van der Waals surface area contributed by atoms with Crippen LogP contribution in [0.5, 0.6) is 0 Å². The molecule has 0 aromatic heterocycles. The van der Waals surface area contributed by atoms with Crippen LogP contribution in [0.4, 0.5) is 4.79 Å². The summed E-state index contributed by atoms with van der Waals surface area (Å²) in [5.74, 6) is 0.435. The Bertz CT molecular complexity index is 853. The van der Waals surface area contributed by atoms with E-state index in [9.17, 15) is 14.4 Å². The number of piperidine rings is 2. The third-order valence-corrected chi connectivity index (χ3v) is 7.87. The highest BCUT2D eigenvalue weighted by atomic mass is 16.2. The molecule has 7 heteroatoms. The van der Waals surface area contributed by atoms with Crippen molar-refractivity contribution < 1.29 is 14.4 Å². The molecule has 3 saturated heterocycles. The lowest BCUT2D eigenvalue weighted by Crippen LogP contribution is -2.54. The van der Waals surface area contributed by atoms with E-state index >= 15 is 0 Å². The van der Waals surface area contributed by atoms with Crippen LogP contribution in [0.1, 0.15) is 44.6 Å². The molecule has 3 aliphatic heterocycles. The van der Waals surface area contributed by atoms with Gasteiger partial charge in [0.15, 0.2) is 0 Å². The van der Waals surface area contributed by atoms with E-state index in [-0.39, 0.29) is 28.8 Å². The van der Waals surface area contributed by atoms with E-state index in [1.165, 1.54) is 0 Å². The van der Waals surface area contributed by atoms with Crippen molar-refractivity contribution in [3.05, 3.63) is 35.9 Å². The van der Waals surface area contributed by atoms with Crippen molar-refractivity contribution in [1.29, 1.82) is 0 Å². The fourth-order valence-corrected chi connectivity index (χ4v) is 6.08. The van der Waals surface area contributed by atoms with Crippen LogP contribution in [0.2, 0.25) is 0 Å². The predicted octanol–water partition coefficient (Wildman–Crippen LogP) is 2.61. The molecule has 0 bridgehead atoms. The van der Waals surface area contributed by atoms with Crippen LogP contribution in [0.15, 0.2) is 30.3 Å². The summed E-state index contributed by atoms with van der Waals surface area (Å²) in [6.45, 7) is 5.46. The Balaban J connectivity index is 1.41. The normalized spacial score (nSPS) is 22.0. The standard InChI is InChI=1S/C25H36N4O3/c1-4-29-22(31)24(10-14-28(15-11-24)23(32)26(2)3)19-25(29)12-16-27(17-13-25)21(30)18-20-8-6-5-7-9-20/h5-9H,4,10-19H2,1-3H3. The first kappa shape index (κ1) is 22.6. The topological polar surface area (TPSA) is 64.2 Å². The van der Waals surface area contributed by atoms with E-state index in [2.05, 4.69) is 11.8 Å². The van der Waals surface area contributed by atoms with E-state index in [4.69, 9.17) is 0 Å². The van der Waals surface area contributed by atoms with Gasteiger partial charge in [0, 0.05) is 52.4 Å². The Morgan fingerprint density at radius 2 is 1.53 bits per heavy atom. The molecule has 0 saturated carbocycles. The predicted molar refractivity (Wildman–Crippen MR) is 123 cm³/mol. The average molecular weight is 441 g/mol. The summed E-state index contributed by atoms with van der Waals surface area (Å²) in [6, 6.07) is 9.91. The van der Waals surface area contributed by atoms with Gasteiger partial charge in [-0.25, -0.2) is 4.79 Å². The maximum atomic E-state index is 13.6. The van der Waals surface area contributed by atoms with E-state index in [0.717, 1.165) is 37.7 Å². The molecule has 1 aromatic carbocycles. The van der Waals surface area contributed by atoms with Gasteiger partial charge in [0.25, 0.3) is 0 Å². The Kier molecular flexibility index (Phi) is 6.19. The summed E-state index contributed by atoms with van der Waals surface area (Å²) >= 11 is 0.